The summed E-state index contributed by atoms with van der Waals surface area (Å²) in [5, 5.41) is 6.84. The van der Waals surface area contributed by atoms with Crippen LogP contribution in [0, 0.1) is 0 Å². The molecule has 0 saturated heterocycles. The molecule has 2 aliphatic carbocycles. The third kappa shape index (κ3) is 3.06. The molecule has 4 nitrogen and oxygen atoms in total. The first-order valence-corrected chi connectivity index (χ1v) is 7.61. The molecule has 1 heterocycles. The van der Waals surface area contributed by atoms with Gasteiger partial charge in [-0.05, 0) is 57.1 Å². The summed E-state index contributed by atoms with van der Waals surface area (Å²) >= 11 is 0. The van der Waals surface area contributed by atoms with Crippen molar-refractivity contribution in [3.8, 4) is 0 Å². The molecule has 2 fully saturated rings. The highest BCUT2D eigenvalue weighted by atomic mass is 15.1. The van der Waals surface area contributed by atoms with Crippen molar-refractivity contribution in [2.75, 3.05) is 12.4 Å². The summed E-state index contributed by atoms with van der Waals surface area (Å²) in [6.45, 7) is 0. The maximum atomic E-state index is 4.48. The van der Waals surface area contributed by atoms with E-state index in [4.69, 9.17) is 0 Å². The van der Waals surface area contributed by atoms with E-state index >= 15 is 0 Å². The van der Waals surface area contributed by atoms with E-state index < -0.39 is 0 Å². The highest BCUT2D eigenvalue weighted by Gasteiger charge is 2.22. The van der Waals surface area contributed by atoms with Crippen LogP contribution in [0.5, 0.6) is 0 Å². The van der Waals surface area contributed by atoms with Crippen LogP contribution in [0.2, 0.25) is 0 Å². The molecule has 0 spiro atoms. The van der Waals surface area contributed by atoms with Crippen LogP contribution in [-0.4, -0.2) is 29.1 Å². The van der Waals surface area contributed by atoms with Gasteiger partial charge in [-0.15, -0.1) is 0 Å². The van der Waals surface area contributed by atoms with E-state index in [0.717, 1.165) is 11.9 Å². The van der Waals surface area contributed by atoms with E-state index in [2.05, 4.69) is 27.6 Å². The van der Waals surface area contributed by atoms with Crippen LogP contribution >= 0.6 is 0 Å². The minimum absolute atomic E-state index is 0.541. The lowest BCUT2D eigenvalue weighted by Gasteiger charge is -2.29. The van der Waals surface area contributed by atoms with Gasteiger partial charge in [0.15, 0.2) is 0 Å². The second-order valence-corrected chi connectivity index (χ2v) is 5.95. The van der Waals surface area contributed by atoms with Gasteiger partial charge in [0.2, 0.25) is 5.95 Å². The lowest BCUT2D eigenvalue weighted by atomic mass is 9.81. The number of nitrogens with zero attached hydrogens (tertiary/aromatic N) is 2. The molecule has 19 heavy (non-hydrogen) atoms. The normalized spacial score (nSPS) is 27.8. The van der Waals surface area contributed by atoms with E-state index in [0.29, 0.717) is 12.1 Å². The summed E-state index contributed by atoms with van der Waals surface area (Å²) in [7, 11) is 2.06. The Morgan fingerprint density at radius 1 is 0.947 bits per heavy atom. The Balaban J connectivity index is 1.52. The summed E-state index contributed by atoms with van der Waals surface area (Å²) in [4.78, 5) is 8.95. The molecule has 0 unspecified atom stereocenters. The van der Waals surface area contributed by atoms with Crippen molar-refractivity contribution >= 4 is 5.95 Å². The molecule has 1 aromatic heterocycles. The molecule has 2 saturated carbocycles. The molecule has 0 aliphatic heterocycles. The summed E-state index contributed by atoms with van der Waals surface area (Å²) in [6.07, 6.45) is 12.9. The Morgan fingerprint density at radius 3 is 2.11 bits per heavy atom. The fraction of sp³-hybridized carbons (Fsp3) is 0.733. The first-order chi connectivity index (χ1) is 9.35. The number of aromatic nitrogens is 2. The van der Waals surface area contributed by atoms with Gasteiger partial charge in [-0.3, -0.25) is 0 Å². The number of rotatable bonds is 4. The Labute approximate surface area is 115 Å². The molecule has 0 bridgehead atoms. The minimum Gasteiger partial charge on any atom is -0.351 e. The van der Waals surface area contributed by atoms with Crippen molar-refractivity contribution in [2.45, 2.75) is 62.9 Å². The topological polar surface area (TPSA) is 49.8 Å². The van der Waals surface area contributed by atoms with Crippen LogP contribution < -0.4 is 10.6 Å². The monoisotopic (exact) mass is 260 g/mol. The summed E-state index contributed by atoms with van der Waals surface area (Å²) in [6, 6.07) is 1.24. The quantitative estimate of drug-likeness (QED) is 0.874. The van der Waals surface area contributed by atoms with Gasteiger partial charge in [0.25, 0.3) is 0 Å². The maximum absolute atomic E-state index is 4.48. The first-order valence-electron chi connectivity index (χ1n) is 7.61. The molecule has 0 amide bonds. The van der Waals surface area contributed by atoms with Crippen molar-refractivity contribution in [3.63, 3.8) is 0 Å². The van der Waals surface area contributed by atoms with Crippen molar-refractivity contribution in [1.82, 2.24) is 15.3 Å². The SMILES string of the molecule is CNC1CCC(Nc2ncc(C3CCC3)cn2)CC1. The predicted octanol–water partition coefficient (Wildman–Crippen LogP) is 2.69. The average Bonchev–Trinajstić information content (AvgIpc) is 2.40. The molecule has 2 aliphatic rings. The molecular formula is C15H24N4. The van der Waals surface area contributed by atoms with E-state index in [1.807, 2.05) is 12.4 Å². The predicted molar refractivity (Wildman–Crippen MR) is 77.4 cm³/mol. The average molecular weight is 260 g/mol. The standard InChI is InChI=1S/C15H24N4/c1-16-13-5-7-14(8-6-13)19-15-17-9-12(10-18-15)11-3-2-4-11/h9-11,13-14,16H,2-8H2,1H3,(H,17,18,19). The summed E-state index contributed by atoms with van der Waals surface area (Å²) in [5.74, 6) is 1.52. The Bertz CT molecular complexity index is 391. The molecule has 3 rings (SSSR count). The van der Waals surface area contributed by atoms with Crippen molar-refractivity contribution < 1.29 is 0 Å². The minimum atomic E-state index is 0.541. The van der Waals surface area contributed by atoms with Crippen LogP contribution in [0.1, 0.15) is 56.4 Å². The second kappa shape index (κ2) is 5.87. The first kappa shape index (κ1) is 12.9. The van der Waals surface area contributed by atoms with Crippen molar-refractivity contribution in [2.24, 2.45) is 0 Å². The Kier molecular flexibility index (Phi) is 3.97. The summed E-state index contributed by atoms with van der Waals surface area (Å²) < 4.78 is 0. The van der Waals surface area contributed by atoms with E-state index in [-0.39, 0.29) is 0 Å². The molecule has 4 heteroatoms. The molecule has 0 radical (unpaired) electrons. The van der Waals surface area contributed by atoms with Crippen LogP contribution in [0.15, 0.2) is 12.4 Å². The second-order valence-electron chi connectivity index (χ2n) is 5.95. The molecule has 0 aromatic carbocycles. The number of nitrogens with one attached hydrogen (secondary N) is 2. The van der Waals surface area contributed by atoms with Crippen molar-refractivity contribution in [1.29, 1.82) is 0 Å². The van der Waals surface area contributed by atoms with Gasteiger partial charge in [-0.25, -0.2) is 9.97 Å². The van der Waals surface area contributed by atoms with Gasteiger partial charge in [0, 0.05) is 24.5 Å². The fourth-order valence-corrected chi connectivity index (χ4v) is 3.07. The molecule has 0 atom stereocenters. The van der Waals surface area contributed by atoms with E-state index in [9.17, 15) is 0 Å². The van der Waals surface area contributed by atoms with Gasteiger partial charge in [0.05, 0.1) is 0 Å². The number of hydrogen-bond acceptors (Lipinski definition) is 4. The van der Waals surface area contributed by atoms with Crippen LogP contribution in [0.3, 0.4) is 0 Å². The van der Waals surface area contributed by atoms with Crippen LogP contribution in [-0.2, 0) is 0 Å². The van der Waals surface area contributed by atoms with Crippen LogP contribution in [0.25, 0.3) is 0 Å². The zero-order valence-electron chi connectivity index (χ0n) is 11.7. The smallest absolute Gasteiger partial charge is 0.222 e. The van der Waals surface area contributed by atoms with E-state index in [1.54, 1.807) is 0 Å². The lowest BCUT2D eigenvalue weighted by molar-refractivity contribution is 0.370. The van der Waals surface area contributed by atoms with Crippen LogP contribution in [0.4, 0.5) is 5.95 Å². The van der Waals surface area contributed by atoms with Gasteiger partial charge in [-0.2, -0.15) is 0 Å². The van der Waals surface area contributed by atoms with Crippen molar-refractivity contribution in [3.05, 3.63) is 18.0 Å². The van der Waals surface area contributed by atoms with Gasteiger partial charge < -0.3 is 10.6 Å². The zero-order chi connectivity index (χ0) is 13.1. The highest BCUT2D eigenvalue weighted by molar-refractivity contribution is 5.28. The Hall–Kier alpha value is -1.16. The number of anilines is 1. The largest absolute Gasteiger partial charge is 0.351 e. The van der Waals surface area contributed by atoms with Gasteiger partial charge in [0.1, 0.15) is 0 Å². The lowest BCUT2D eigenvalue weighted by Crippen LogP contribution is -2.35. The zero-order valence-corrected chi connectivity index (χ0v) is 11.7. The van der Waals surface area contributed by atoms with Gasteiger partial charge in [-0.1, -0.05) is 6.42 Å². The molecule has 104 valence electrons. The maximum Gasteiger partial charge on any atom is 0.222 e. The fourth-order valence-electron chi connectivity index (χ4n) is 3.07. The third-order valence-corrected chi connectivity index (χ3v) is 4.72. The van der Waals surface area contributed by atoms with Gasteiger partial charge >= 0.3 is 0 Å². The molecule has 2 N–H and O–H groups in total. The summed E-state index contributed by atoms with van der Waals surface area (Å²) in [5.41, 5.74) is 1.32. The molecular weight excluding hydrogens is 236 g/mol. The number of hydrogen-bond donors (Lipinski definition) is 2. The molecule has 1 aromatic rings. The Morgan fingerprint density at radius 2 is 1.58 bits per heavy atom. The third-order valence-electron chi connectivity index (χ3n) is 4.72. The van der Waals surface area contributed by atoms with E-state index in [1.165, 1.54) is 50.5 Å². The highest BCUT2D eigenvalue weighted by Crippen LogP contribution is 2.35.